The van der Waals surface area contributed by atoms with E-state index in [1.807, 2.05) is 18.2 Å². The molecule has 132 valence electrons. The summed E-state index contributed by atoms with van der Waals surface area (Å²) in [5, 5.41) is 3.17. The van der Waals surface area contributed by atoms with E-state index < -0.39 is 0 Å². The summed E-state index contributed by atoms with van der Waals surface area (Å²) in [5.74, 6) is 1.61. The van der Waals surface area contributed by atoms with Gasteiger partial charge in [0.2, 0.25) is 12.7 Å². The smallest absolute Gasteiger partial charge is 0.231 e. The molecule has 0 spiro atoms. The van der Waals surface area contributed by atoms with E-state index in [-0.39, 0.29) is 18.7 Å². The van der Waals surface area contributed by atoms with Crippen LogP contribution in [0.3, 0.4) is 0 Å². The molecule has 25 heavy (non-hydrogen) atoms. The number of ether oxygens (including phenoxy) is 2. The molecule has 1 atom stereocenters. The molecular weight excluding hydrogens is 314 g/mol. The molecule has 3 rings (SSSR count). The van der Waals surface area contributed by atoms with Gasteiger partial charge in [-0.1, -0.05) is 36.8 Å². The van der Waals surface area contributed by atoms with Crippen LogP contribution in [0.15, 0.2) is 36.4 Å². The molecule has 1 aliphatic rings. The van der Waals surface area contributed by atoms with Crippen LogP contribution in [-0.4, -0.2) is 12.7 Å². The predicted molar refractivity (Wildman–Crippen MR) is 98.0 cm³/mol. The standard InChI is InChI=1S/C21H25NO3/c1-4-18(17-8-5-14(2)11-15(17)3)22-21(23)10-7-16-6-9-19-20(12-16)25-13-24-19/h5-6,8-9,11-12,18H,4,7,10,13H2,1-3H3,(H,22,23)/t18-/m1/s1. The summed E-state index contributed by atoms with van der Waals surface area (Å²) in [6, 6.07) is 12.3. The molecule has 2 aromatic carbocycles. The molecule has 0 bridgehead atoms. The molecule has 4 nitrogen and oxygen atoms in total. The van der Waals surface area contributed by atoms with Gasteiger partial charge in [-0.3, -0.25) is 4.79 Å². The van der Waals surface area contributed by atoms with Crippen molar-refractivity contribution < 1.29 is 14.3 Å². The van der Waals surface area contributed by atoms with E-state index in [9.17, 15) is 4.79 Å². The van der Waals surface area contributed by atoms with Gasteiger partial charge in [0.1, 0.15) is 0 Å². The van der Waals surface area contributed by atoms with E-state index in [1.54, 1.807) is 0 Å². The lowest BCUT2D eigenvalue weighted by molar-refractivity contribution is -0.121. The second-order valence-corrected chi connectivity index (χ2v) is 6.58. The van der Waals surface area contributed by atoms with E-state index in [1.165, 1.54) is 16.7 Å². The molecule has 0 saturated heterocycles. The zero-order valence-corrected chi connectivity index (χ0v) is 15.1. The summed E-state index contributed by atoms with van der Waals surface area (Å²) in [6.45, 7) is 6.56. The van der Waals surface area contributed by atoms with Crippen LogP contribution in [-0.2, 0) is 11.2 Å². The highest BCUT2D eigenvalue weighted by molar-refractivity contribution is 5.76. The van der Waals surface area contributed by atoms with Gasteiger partial charge in [-0.05, 0) is 55.5 Å². The fourth-order valence-corrected chi connectivity index (χ4v) is 3.24. The van der Waals surface area contributed by atoms with Crippen molar-refractivity contribution >= 4 is 5.91 Å². The minimum absolute atomic E-state index is 0.0600. The highest BCUT2D eigenvalue weighted by atomic mass is 16.7. The second-order valence-electron chi connectivity index (χ2n) is 6.58. The first-order chi connectivity index (χ1) is 12.1. The number of hydrogen-bond donors (Lipinski definition) is 1. The predicted octanol–water partition coefficient (Wildman–Crippen LogP) is 4.23. The summed E-state index contributed by atoms with van der Waals surface area (Å²) in [7, 11) is 0. The van der Waals surface area contributed by atoms with Gasteiger partial charge in [0.15, 0.2) is 11.5 Å². The maximum Gasteiger partial charge on any atom is 0.231 e. The van der Waals surface area contributed by atoms with Crippen molar-refractivity contribution in [1.29, 1.82) is 0 Å². The molecule has 1 heterocycles. The number of nitrogens with one attached hydrogen (secondary N) is 1. The fourth-order valence-electron chi connectivity index (χ4n) is 3.24. The number of aryl methyl sites for hydroxylation is 3. The van der Waals surface area contributed by atoms with Crippen molar-refractivity contribution in [2.45, 2.75) is 46.1 Å². The Hall–Kier alpha value is -2.49. The minimum atomic E-state index is 0.0600. The first kappa shape index (κ1) is 17.3. The van der Waals surface area contributed by atoms with Gasteiger partial charge in [-0.2, -0.15) is 0 Å². The molecule has 2 aromatic rings. The average Bonchev–Trinajstić information content (AvgIpc) is 3.06. The Morgan fingerprint density at radius 1 is 1.12 bits per heavy atom. The third-order valence-corrected chi connectivity index (χ3v) is 4.62. The van der Waals surface area contributed by atoms with Crippen molar-refractivity contribution in [3.05, 3.63) is 58.7 Å². The van der Waals surface area contributed by atoms with Crippen LogP contribution in [0.25, 0.3) is 0 Å². The lowest BCUT2D eigenvalue weighted by Gasteiger charge is -2.20. The number of benzene rings is 2. The molecule has 0 fully saturated rings. The molecule has 1 amide bonds. The van der Waals surface area contributed by atoms with Crippen LogP contribution >= 0.6 is 0 Å². The van der Waals surface area contributed by atoms with Gasteiger partial charge in [0.05, 0.1) is 6.04 Å². The van der Waals surface area contributed by atoms with Gasteiger partial charge in [-0.25, -0.2) is 0 Å². The number of rotatable bonds is 6. The number of carbonyl (C=O) groups excluding carboxylic acids is 1. The summed E-state index contributed by atoms with van der Waals surface area (Å²) in [5.41, 5.74) is 4.75. The molecule has 1 N–H and O–H groups in total. The molecule has 0 radical (unpaired) electrons. The van der Waals surface area contributed by atoms with Crippen molar-refractivity contribution in [3.63, 3.8) is 0 Å². The number of amides is 1. The molecule has 0 aliphatic carbocycles. The summed E-state index contributed by atoms with van der Waals surface area (Å²) in [6.07, 6.45) is 2.02. The van der Waals surface area contributed by atoms with Crippen LogP contribution in [0.2, 0.25) is 0 Å². The second kappa shape index (κ2) is 7.60. The zero-order valence-electron chi connectivity index (χ0n) is 15.1. The Balaban J connectivity index is 1.59. The third kappa shape index (κ3) is 4.13. The summed E-state index contributed by atoms with van der Waals surface area (Å²) < 4.78 is 10.7. The number of hydrogen-bond acceptors (Lipinski definition) is 3. The van der Waals surface area contributed by atoms with Gasteiger partial charge in [-0.15, -0.1) is 0 Å². The first-order valence-electron chi connectivity index (χ1n) is 8.82. The highest BCUT2D eigenvalue weighted by Crippen LogP contribution is 2.32. The molecule has 0 aromatic heterocycles. The molecular formula is C21H25NO3. The Bertz CT molecular complexity index is 770. The monoisotopic (exact) mass is 339 g/mol. The first-order valence-corrected chi connectivity index (χ1v) is 8.82. The summed E-state index contributed by atoms with van der Waals surface area (Å²) >= 11 is 0. The van der Waals surface area contributed by atoms with E-state index in [0.717, 1.165) is 23.5 Å². The largest absolute Gasteiger partial charge is 0.454 e. The fraction of sp³-hybridized carbons (Fsp3) is 0.381. The highest BCUT2D eigenvalue weighted by Gasteiger charge is 2.16. The van der Waals surface area contributed by atoms with Crippen LogP contribution in [0.1, 0.15) is 48.1 Å². The van der Waals surface area contributed by atoms with Crippen molar-refractivity contribution in [2.24, 2.45) is 0 Å². The maximum atomic E-state index is 12.4. The average molecular weight is 339 g/mol. The number of carbonyl (C=O) groups is 1. The van der Waals surface area contributed by atoms with E-state index in [0.29, 0.717) is 12.8 Å². The third-order valence-electron chi connectivity index (χ3n) is 4.62. The lowest BCUT2D eigenvalue weighted by atomic mass is 9.97. The van der Waals surface area contributed by atoms with Crippen LogP contribution in [0, 0.1) is 13.8 Å². The topological polar surface area (TPSA) is 47.6 Å². The molecule has 1 aliphatic heterocycles. The summed E-state index contributed by atoms with van der Waals surface area (Å²) in [4.78, 5) is 12.4. The molecule has 0 unspecified atom stereocenters. The van der Waals surface area contributed by atoms with Gasteiger partial charge in [0.25, 0.3) is 0 Å². The Labute approximate surface area is 149 Å². The Kier molecular flexibility index (Phi) is 5.27. The minimum Gasteiger partial charge on any atom is -0.454 e. The Morgan fingerprint density at radius 3 is 2.68 bits per heavy atom. The normalized spacial score (nSPS) is 13.6. The SMILES string of the molecule is CC[C@@H](NC(=O)CCc1ccc2c(c1)OCO2)c1ccc(C)cc1C. The lowest BCUT2D eigenvalue weighted by Crippen LogP contribution is -2.28. The van der Waals surface area contributed by atoms with Crippen LogP contribution in [0.5, 0.6) is 11.5 Å². The van der Waals surface area contributed by atoms with E-state index in [2.05, 4.69) is 44.3 Å². The van der Waals surface area contributed by atoms with E-state index in [4.69, 9.17) is 9.47 Å². The van der Waals surface area contributed by atoms with Crippen molar-refractivity contribution in [3.8, 4) is 11.5 Å². The van der Waals surface area contributed by atoms with E-state index >= 15 is 0 Å². The van der Waals surface area contributed by atoms with Crippen molar-refractivity contribution in [1.82, 2.24) is 5.32 Å². The Morgan fingerprint density at radius 2 is 1.92 bits per heavy atom. The quantitative estimate of drug-likeness (QED) is 0.856. The van der Waals surface area contributed by atoms with Crippen molar-refractivity contribution in [2.75, 3.05) is 6.79 Å². The zero-order chi connectivity index (χ0) is 17.8. The molecule has 4 heteroatoms. The van der Waals surface area contributed by atoms with Gasteiger partial charge >= 0.3 is 0 Å². The van der Waals surface area contributed by atoms with Crippen LogP contribution < -0.4 is 14.8 Å². The molecule has 0 saturated carbocycles. The van der Waals surface area contributed by atoms with Gasteiger partial charge in [0, 0.05) is 6.42 Å². The van der Waals surface area contributed by atoms with Crippen LogP contribution in [0.4, 0.5) is 0 Å². The number of fused-ring (bicyclic) bond motifs is 1. The van der Waals surface area contributed by atoms with Gasteiger partial charge < -0.3 is 14.8 Å². The maximum absolute atomic E-state index is 12.4.